The average Bonchev–Trinajstić information content (AvgIpc) is 2.34. The van der Waals surface area contributed by atoms with Gasteiger partial charge in [-0.05, 0) is 6.08 Å². The molecule has 2 atom stereocenters. The van der Waals surface area contributed by atoms with Gasteiger partial charge in [0.1, 0.15) is 5.75 Å². The number of aliphatic carboxylic acids is 1. The predicted octanol–water partition coefficient (Wildman–Crippen LogP) is 1.71. The molecule has 0 aromatic heterocycles. The molecule has 0 saturated carbocycles. The quantitative estimate of drug-likeness (QED) is 0.284. The Balaban J connectivity index is 0. The second-order valence-corrected chi connectivity index (χ2v) is 8.46. The van der Waals surface area contributed by atoms with E-state index in [1.54, 1.807) is 12.2 Å². The van der Waals surface area contributed by atoms with Gasteiger partial charge in [0.25, 0.3) is 0 Å². The van der Waals surface area contributed by atoms with Crippen molar-refractivity contribution in [3.63, 3.8) is 0 Å². The molecular weight excluding hydrogens is 337 g/mol. The first-order valence-corrected chi connectivity index (χ1v) is 10.9. The van der Waals surface area contributed by atoms with E-state index in [0.29, 0.717) is 27.1 Å². The Bertz CT molecular complexity index is 242. The number of hydrogen-bond donors (Lipinski definition) is 2. The molecule has 0 spiro atoms. The van der Waals surface area contributed by atoms with Gasteiger partial charge in [-0.1, -0.05) is 12.7 Å². The fourth-order valence-corrected chi connectivity index (χ4v) is 3.52. The van der Waals surface area contributed by atoms with Crippen LogP contribution in [-0.4, -0.2) is 48.1 Å². The van der Waals surface area contributed by atoms with Crippen molar-refractivity contribution in [3.8, 4) is 0 Å². The molecule has 0 aliphatic rings. The van der Waals surface area contributed by atoms with Crippen LogP contribution in [0.15, 0.2) is 25.3 Å². The van der Waals surface area contributed by atoms with Crippen molar-refractivity contribution in [1.82, 2.24) is 0 Å². The van der Waals surface area contributed by atoms with Crippen molar-refractivity contribution < 1.29 is 14.5 Å². The molecule has 0 bridgehead atoms. The molecule has 2 unspecified atom stereocenters. The molecule has 0 saturated heterocycles. The summed E-state index contributed by atoms with van der Waals surface area (Å²) in [5.74, 6) is 2.50. The van der Waals surface area contributed by atoms with Gasteiger partial charge < -0.3 is 4.55 Å². The predicted molar refractivity (Wildman–Crippen MR) is 82.5 cm³/mol. The molecule has 0 aliphatic carbocycles. The molecule has 0 aliphatic heterocycles. The van der Waals surface area contributed by atoms with Crippen LogP contribution in [0.4, 0.5) is 0 Å². The molecule has 0 rings (SSSR count). The average molecular weight is 358 g/mol. The first kappa shape index (κ1) is 20.4. The van der Waals surface area contributed by atoms with Gasteiger partial charge >= 0.3 is 60.2 Å². The Morgan fingerprint density at radius 3 is 2.61 bits per heavy atom. The second-order valence-electron chi connectivity index (χ2n) is 3.06. The number of rotatable bonds is 9. The van der Waals surface area contributed by atoms with Gasteiger partial charge in [-0.2, -0.15) is 0 Å². The first-order valence-electron chi connectivity index (χ1n) is 5.20. The summed E-state index contributed by atoms with van der Waals surface area (Å²) in [6, 6.07) is -0.646. The summed E-state index contributed by atoms with van der Waals surface area (Å²) in [7, 11) is 0.591. The van der Waals surface area contributed by atoms with E-state index in [4.69, 9.17) is 10.8 Å². The van der Waals surface area contributed by atoms with Crippen molar-refractivity contribution >= 4 is 41.9 Å². The fraction of sp³-hybridized carbons (Fsp3) is 0.545. The number of carbonyl (C=O) groups is 1. The minimum atomic E-state index is -0.890. The maximum atomic E-state index is 10.8. The molecule has 0 radical (unpaired) electrons. The van der Waals surface area contributed by atoms with Crippen LogP contribution < -0.4 is 5.73 Å². The first-order chi connectivity index (χ1) is 8.49. The monoisotopic (exact) mass is 359 g/mol. The van der Waals surface area contributed by atoms with E-state index in [1.165, 1.54) is 10.8 Å². The molecule has 0 aromatic carbocycles. The van der Waals surface area contributed by atoms with E-state index in [0.717, 1.165) is 11.1 Å². The molecule has 0 fully saturated rings. The number of carboxylic acids is 1. The molecule has 0 amide bonds. The summed E-state index contributed by atoms with van der Waals surface area (Å²) in [6.07, 6.45) is 4.02. The van der Waals surface area contributed by atoms with Crippen LogP contribution in [0.25, 0.3) is 0 Å². The number of nitrogens with two attached hydrogens (primary N) is 1. The van der Waals surface area contributed by atoms with Crippen LogP contribution in [0.3, 0.4) is 0 Å². The van der Waals surface area contributed by atoms with Crippen molar-refractivity contribution in [2.24, 2.45) is 5.73 Å². The van der Waals surface area contributed by atoms with Crippen LogP contribution >= 0.6 is 10.8 Å². The van der Waals surface area contributed by atoms with Gasteiger partial charge in [-0.3, -0.25) is 0 Å². The number of carboxylic acid groups (broad SMARTS) is 1. The Hall–Kier alpha value is 0.0895. The Labute approximate surface area is 122 Å². The van der Waals surface area contributed by atoms with Crippen LogP contribution in [-0.2, 0) is 15.0 Å². The van der Waals surface area contributed by atoms with E-state index in [-0.39, 0.29) is 0 Å². The minimum absolute atomic E-state index is 0.549. The molecule has 18 heavy (non-hydrogen) atoms. The SMILES string of the molecule is C=CCS[S+]([O-])CC=C.C[Se]CCC(N)C(=O)O. The van der Waals surface area contributed by atoms with E-state index in [9.17, 15) is 9.35 Å². The van der Waals surface area contributed by atoms with Crippen molar-refractivity contribution in [2.75, 3.05) is 11.5 Å². The summed E-state index contributed by atoms with van der Waals surface area (Å²) in [5.41, 5.74) is 5.21. The van der Waals surface area contributed by atoms with Crippen molar-refractivity contribution in [1.29, 1.82) is 0 Å². The van der Waals surface area contributed by atoms with Gasteiger partial charge in [-0.15, -0.1) is 6.58 Å². The second kappa shape index (κ2) is 15.1. The van der Waals surface area contributed by atoms with Crippen LogP contribution in [0.1, 0.15) is 6.42 Å². The van der Waals surface area contributed by atoms with Crippen LogP contribution in [0.2, 0.25) is 11.1 Å². The van der Waals surface area contributed by atoms with Crippen LogP contribution in [0, 0.1) is 0 Å². The summed E-state index contributed by atoms with van der Waals surface area (Å²) < 4.78 is 10.8. The molecule has 0 heterocycles. The van der Waals surface area contributed by atoms with Gasteiger partial charge in [-0.25, -0.2) is 0 Å². The maximum absolute atomic E-state index is 10.8. The van der Waals surface area contributed by atoms with Crippen molar-refractivity contribution in [2.45, 2.75) is 23.6 Å². The number of hydrogen-bond acceptors (Lipinski definition) is 4. The van der Waals surface area contributed by atoms with E-state index < -0.39 is 22.2 Å². The summed E-state index contributed by atoms with van der Waals surface area (Å²) in [6.45, 7) is 6.99. The fourth-order valence-electron chi connectivity index (χ4n) is 0.637. The topological polar surface area (TPSA) is 86.4 Å². The van der Waals surface area contributed by atoms with Gasteiger partial charge in [0.05, 0.1) is 16.5 Å². The third kappa shape index (κ3) is 16.1. The van der Waals surface area contributed by atoms with Gasteiger partial charge in [0, 0.05) is 10.2 Å². The zero-order valence-corrected chi connectivity index (χ0v) is 13.9. The van der Waals surface area contributed by atoms with E-state index in [1.807, 2.05) is 0 Å². The molecule has 0 aromatic rings. The Kier molecular flexibility index (Phi) is 17.2. The van der Waals surface area contributed by atoms with Gasteiger partial charge in [0.15, 0.2) is 0 Å². The normalized spacial score (nSPS) is 12.8. The zero-order valence-electron chi connectivity index (χ0n) is 10.5. The Morgan fingerprint density at radius 1 is 1.61 bits per heavy atom. The summed E-state index contributed by atoms with van der Waals surface area (Å²) >= 11 is 0.549. The summed E-state index contributed by atoms with van der Waals surface area (Å²) in [4.78, 5) is 10.1. The van der Waals surface area contributed by atoms with Gasteiger partial charge in [0.2, 0.25) is 0 Å². The standard InChI is InChI=1S/C6H10OS2.C5H11NO2Se/c1-3-5-8-9(7)6-4-2;1-9-3-2-4(6)5(7)8/h3-4H,1-2,5-6H2;4H,2-3,6H2,1H3,(H,7,8). The van der Waals surface area contributed by atoms with Crippen LogP contribution in [0.5, 0.6) is 0 Å². The molecular formula is C11H21NO3S2Se. The third-order valence-corrected chi connectivity index (χ3v) is 5.62. The van der Waals surface area contributed by atoms with E-state index >= 15 is 0 Å². The molecule has 7 heteroatoms. The molecule has 4 nitrogen and oxygen atoms in total. The zero-order chi connectivity index (χ0) is 14.4. The molecule has 3 N–H and O–H groups in total. The Morgan fingerprint density at radius 2 is 2.22 bits per heavy atom. The molecule has 106 valence electrons. The third-order valence-electron chi connectivity index (χ3n) is 1.52. The summed E-state index contributed by atoms with van der Waals surface area (Å²) in [5, 5.41) is 9.25. The van der Waals surface area contributed by atoms with E-state index in [2.05, 4.69) is 19.0 Å². The van der Waals surface area contributed by atoms with Crippen molar-refractivity contribution in [3.05, 3.63) is 25.3 Å².